The van der Waals surface area contributed by atoms with Gasteiger partial charge in [-0.05, 0) is 40.7 Å². The number of aryl methyl sites for hydroxylation is 1. The second kappa shape index (κ2) is 13.2. The average molecular weight is 501 g/mol. The van der Waals surface area contributed by atoms with Gasteiger partial charge in [0.25, 0.3) is 0 Å². The summed E-state index contributed by atoms with van der Waals surface area (Å²) < 4.78 is 0. The first-order valence-corrected chi connectivity index (χ1v) is 12.3. The summed E-state index contributed by atoms with van der Waals surface area (Å²) in [6.45, 7) is 1.53. The largest absolute Gasteiger partial charge is 0.481 e. The van der Waals surface area contributed by atoms with E-state index in [-0.39, 0.29) is 31.6 Å². The predicted octanol–water partition coefficient (Wildman–Crippen LogP) is 4.38. The van der Waals surface area contributed by atoms with E-state index < -0.39 is 29.6 Å². The third-order valence-corrected chi connectivity index (χ3v) is 6.28. The molecule has 0 aromatic heterocycles. The van der Waals surface area contributed by atoms with Crippen LogP contribution >= 0.6 is 0 Å². The molecule has 0 heterocycles. The van der Waals surface area contributed by atoms with E-state index >= 15 is 0 Å². The topological polar surface area (TPSA) is 127 Å². The van der Waals surface area contributed by atoms with Crippen molar-refractivity contribution in [3.05, 3.63) is 84.4 Å². The van der Waals surface area contributed by atoms with Crippen LogP contribution in [0.2, 0.25) is 0 Å². The van der Waals surface area contributed by atoms with E-state index in [1.165, 1.54) is 6.92 Å². The van der Waals surface area contributed by atoms with E-state index in [0.29, 0.717) is 6.42 Å². The van der Waals surface area contributed by atoms with Crippen molar-refractivity contribution in [2.45, 2.75) is 45.1 Å². The van der Waals surface area contributed by atoms with Crippen molar-refractivity contribution in [2.24, 2.45) is 11.7 Å². The molecule has 4 N–H and O–H groups in total. The zero-order valence-electron chi connectivity index (χ0n) is 20.9. The minimum absolute atomic E-state index is 0.0385. The van der Waals surface area contributed by atoms with E-state index in [9.17, 15) is 19.2 Å². The summed E-state index contributed by atoms with van der Waals surface area (Å²) in [4.78, 5) is 47.3. The quantitative estimate of drug-likeness (QED) is 0.321. The maximum atomic E-state index is 12.5. The summed E-state index contributed by atoms with van der Waals surface area (Å²) in [5.41, 5.74) is 10.7. The van der Waals surface area contributed by atoms with Crippen LogP contribution in [-0.4, -0.2) is 34.7 Å². The predicted molar refractivity (Wildman–Crippen MR) is 142 cm³/mol. The Morgan fingerprint density at radius 3 is 1.81 bits per heavy atom. The Labute approximate surface area is 216 Å². The first-order chi connectivity index (χ1) is 17.7. The first-order valence-electron chi connectivity index (χ1n) is 12.3. The van der Waals surface area contributed by atoms with Crippen molar-refractivity contribution >= 4 is 23.6 Å². The third-order valence-electron chi connectivity index (χ3n) is 6.28. The molecule has 0 bridgehead atoms. The summed E-state index contributed by atoms with van der Waals surface area (Å²) in [6, 6.07) is 25.5. The zero-order chi connectivity index (χ0) is 26.8. The number of Topliss-reactive ketones (excluding diaryl/α,β-unsaturated/α-hetero) is 1. The molecular formula is C30H32N2O5. The molecule has 37 heavy (non-hydrogen) atoms. The van der Waals surface area contributed by atoms with Crippen molar-refractivity contribution in [1.29, 1.82) is 0 Å². The highest BCUT2D eigenvalue weighted by atomic mass is 16.4. The second-order valence-corrected chi connectivity index (χ2v) is 9.17. The number of benzene rings is 3. The number of ketones is 1. The van der Waals surface area contributed by atoms with Crippen LogP contribution in [0.3, 0.4) is 0 Å². The molecule has 7 nitrogen and oxygen atoms in total. The molecule has 2 amide bonds. The second-order valence-electron chi connectivity index (χ2n) is 9.17. The fourth-order valence-corrected chi connectivity index (χ4v) is 4.00. The van der Waals surface area contributed by atoms with Gasteiger partial charge in [0, 0.05) is 25.2 Å². The molecule has 3 aromatic rings. The highest BCUT2D eigenvalue weighted by Crippen LogP contribution is 2.25. The number of nitrogens with two attached hydrogens (primary N) is 1. The lowest BCUT2D eigenvalue weighted by atomic mass is 9.96. The number of carboxylic acids is 1. The van der Waals surface area contributed by atoms with Gasteiger partial charge in [-0.2, -0.15) is 0 Å². The van der Waals surface area contributed by atoms with Crippen LogP contribution in [0, 0.1) is 5.92 Å². The first kappa shape index (κ1) is 27.3. The van der Waals surface area contributed by atoms with E-state index in [0.717, 1.165) is 27.8 Å². The van der Waals surface area contributed by atoms with Gasteiger partial charge in [-0.3, -0.25) is 19.2 Å². The molecular weight excluding hydrogens is 468 g/mol. The van der Waals surface area contributed by atoms with Gasteiger partial charge in [0.2, 0.25) is 11.8 Å². The molecule has 0 unspecified atom stereocenters. The summed E-state index contributed by atoms with van der Waals surface area (Å²) in [5, 5.41) is 11.6. The number of carboxylic acid groups (broad SMARTS) is 1. The minimum atomic E-state index is -1.07. The van der Waals surface area contributed by atoms with E-state index in [1.807, 2.05) is 42.5 Å². The molecule has 2 atom stereocenters. The Bertz CT molecular complexity index is 1220. The van der Waals surface area contributed by atoms with Crippen molar-refractivity contribution in [1.82, 2.24) is 5.32 Å². The number of aliphatic carboxylic acids is 1. The van der Waals surface area contributed by atoms with Gasteiger partial charge < -0.3 is 16.2 Å². The molecule has 0 radical (unpaired) electrons. The molecule has 7 heteroatoms. The van der Waals surface area contributed by atoms with Crippen molar-refractivity contribution < 1.29 is 24.3 Å². The highest BCUT2D eigenvalue weighted by Gasteiger charge is 2.24. The normalized spacial score (nSPS) is 12.4. The fraction of sp³-hybridized carbons (Fsp3) is 0.267. The van der Waals surface area contributed by atoms with E-state index in [1.54, 1.807) is 0 Å². The zero-order valence-corrected chi connectivity index (χ0v) is 20.9. The van der Waals surface area contributed by atoms with Crippen LogP contribution in [0.5, 0.6) is 0 Å². The SMILES string of the molecule is C[C@H](CC(=O)[C@H](CCC(=O)O)NC(=O)CCc1ccc(-c2ccc(-c3ccccc3)cc2)cc1)C(N)=O. The van der Waals surface area contributed by atoms with Gasteiger partial charge in [-0.25, -0.2) is 0 Å². The fourth-order valence-electron chi connectivity index (χ4n) is 4.00. The Hall–Kier alpha value is -4.26. The lowest BCUT2D eigenvalue weighted by molar-refractivity contribution is -0.138. The highest BCUT2D eigenvalue weighted by molar-refractivity contribution is 5.92. The number of hydrogen-bond donors (Lipinski definition) is 3. The molecule has 0 saturated carbocycles. The van der Waals surface area contributed by atoms with Crippen LogP contribution in [0.15, 0.2) is 78.9 Å². The molecule has 0 fully saturated rings. The molecule has 3 aromatic carbocycles. The molecule has 192 valence electrons. The number of amides is 2. The van der Waals surface area contributed by atoms with Gasteiger partial charge in [0.1, 0.15) is 0 Å². The summed E-state index contributed by atoms with van der Waals surface area (Å²) in [5.74, 6) is -3.12. The van der Waals surface area contributed by atoms with Crippen LogP contribution in [0.1, 0.15) is 38.2 Å². The lowest BCUT2D eigenvalue weighted by Gasteiger charge is -2.18. The van der Waals surface area contributed by atoms with Gasteiger partial charge in [0.05, 0.1) is 6.04 Å². The van der Waals surface area contributed by atoms with E-state index in [2.05, 4.69) is 41.7 Å². The molecule has 0 aliphatic heterocycles. The summed E-state index contributed by atoms with van der Waals surface area (Å²) in [6.07, 6.45) is 0.163. The minimum Gasteiger partial charge on any atom is -0.481 e. The smallest absolute Gasteiger partial charge is 0.303 e. The Morgan fingerprint density at radius 1 is 0.784 bits per heavy atom. The number of rotatable bonds is 13. The van der Waals surface area contributed by atoms with Crippen molar-refractivity contribution in [3.8, 4) is 22.3 Å². The van der Waals surface area contributed by atoms with Crippen LogP contribution < -0.4 is 11.1 Å². The van der Waals surface area contributed by atoms with Crippen LogP contribution in [0.4, 0.5) is 0 Å². The van der Waals surface area contributed by atoms with Gasteiger partial charge >= 0.3 is 5.97 Å². The number of carbonyl (C=O) groups is 4. The van der Waals surface area contributed by atoms with Crippen molar-refractivity contribution in [3.63, 3.8) is 0 Å². The molecule has 0 spiro atoms. The third kappa shape index (κ3) is 8.42. The van der Waals surface area contributed by atoms with Crippen LogP contribution in [-0.2, 0) is 25.6 Å². The summed E-state index contributed by atoms with van der Waals surface area (Å²) >= 11 is 0. The Kier molecular flexibility index (Phi) is 9.72. The van der Waals surface area contributed by atoms with E-state index in [4.69, 9.17) is 10.8 Å². The Balaban J connectivity index is 1.56. The van der Waals surface area contributed by atoms with Crippen LogP contribution in [0.25, 0.3) is 22.3 Å². The Morgan fingerprint density at radius 2 is 1.30 bits per heavy atom. The monoisotopic (exact) mass is 500 g/mol. The molecule has 0 aliphatic carbocycles. The molecule has 0 saturated heterocycles. The van der Waals surface area contributed by atoms with Gasteiger partial charge in [0.15, 0.2) is 5.78 Å². The molecule has 0 aliphatic rings. The maximum absolute atomic E-state index is 12.5. The van der Waals surface area contributed by atoms with Gasteiger partial charge in [-0.1, -0.05) is 85.8 Å². The average Bonchev–Trinajstić information content (AvgIpc) is 2.90. The standard InChI is InChI=1S/C30H32N2O5/c1-20(30(31)37)19-27(33)26(16-18-29(35)36)32-28(34)17-9-21-7-10-23(11-8-21)25-14-12-24(13-15-25)22-5-3-2-4-6-22/h2-8,10-15,20,26H,9,16-19H2,1H3,(H2,31,37)(H,32,34)(H,35,36)/t20-,26+/m1/s1. The van der Waals surface area contributed by atoms with Crippen molar-refractivity contribution in [2.75, 3.05) is 0 Å². The number of primary amides is 1. The molecule has 3 rings (SSSR count). The maximum Gasteiger partial charge on any atom is 0.303 e. The summed E-state index contributed by atoms with van der Waals surface area (Å²) in [7, 11) is 0. The number of nitrogens with one attached hydrogen (secondary N) is 1. The number of carbonyl (C=O) groups excluding carboxylic acids is 3. The lowest BCUT2D eigenvalue weighted by Crippen LogP contribution is -2.42. The van der Waals surface area contributed by atoms with Gasteiger partial charge in [-0.15, -0.1) is 0 Å². The number of hydrogen-bond acceptors (Lipinski definition) is 4.